The second-order valence-corrected chi connectivity index (χ2v) is 5.63. The lowest BCUT2D eigenvalue weighted by molar-refractivity contribution is -0.118. The summed E-state index contributed by atoms with van der Waals surface area (Å²) in [5.41, 5.74) is 1.08. The number of likely N-dealkylation sites (tertiary alicyclic amines) is 1. The summed E-state index contributed by atoms with van der Waals surface area (Å²) in [5, 5.41) is 2.60. The molecule has 1 saturated heterocycles. The SMILES string of the molecule is O=C(NC1CN(C(=O)OCc2ccccc2)CC1=O)c1ccccn1. The zero-order chi connectivity index (χ0) is 17.6. The second kappa shape index (κ2) is 7.57. The van der Waals surface area contributed by atoms with E-state index in [1.165, 1.54) is 11.1 Å². The molecule has 1 aliphatic rings. The van der Waals surface area contributed by atoms with Gasteiger partial charge in [0.05, 0.1) is 13.1 Å². The van der Waals surface area contributed by atoms with E-state index in [-0.39, 0.29) is 31.2 Å². The highest BCUT2D eigenvalue weighted by Gasteiger charge is 2.35. The van der Waals surface area contributed by atoms with Crippen LogP contribution in [0, 0.1) is 0 Å². The first-order valence-corrected chi connectivity index (χ1v) is 7.84. The highest BCUT2D eigenvalue weighted by molar-refractivity contribution is 5.99. The average Bonchev–Trinajstić information content (AvgIpc) is 3.02. The van der Waals surface area contributed by atoms with E-state index in [0.29, 0.717) is 0 Å². The fourth-order valence-electron chi connectivity index (χ4n) is 2.49. The molecule has 7 nitrogen and oxygen atoms in total. The normalized spacial score (nSPS) is 16.6. The summed E-state index contributed by atoms with van der Waals surface area (Å²) in [6, 6.07) is 13.5. The Morgan fingerprint density at radius 3 is 2.64 bits per heavy atom. The number of aromatic nitrogens is 1. The van der Waals surface area contributed by atoms with Crippen LogP contribution in [0.5, 0.6) is 0 Å². The van der Waals surface area contributed by atoms with E-state index in [9.17, 15) is 14.4 Å². The first-order chi connectivity index (χ1) is 12.1. The van der Waals surface area contributed by atoms with Gasteiger partial charge >= 0.3 is 6.09 Å². The van der Waals surface area contributed by atoms with Crippen molar-refractivity contribution >= 4 is 17.8 Å². The van der Waals surface area contributed by atoms with E-state index in [1.807, 2.05) is 30.3 Å². The third-order valence-corrected chi connectivity index (χ3v) is 3.80. The Kier molecular flexibility index (Phi) is 5.03. The van der Waals surface area contributed by atoms with Crippen LogP contribution < -0.4 is 5.32 Å². The number of benzene rings is 1. The number of nitrogens with zero attached hydrogens (tertiary/aromatic N) is 2. The third kappa shape index (κ3) is 4.20. The summed E-state index contributed by atoms with van der Waals surface area (Å²) in [4.78, 5) is 41.4. The number of ether oxygens (including phenoxy) is 1. The molecule has 1 fully saturated rings. The molecular weight excluding hydrogens is 322 g/mol. The van der Waals surface area contributed by atoms with Crippen molar-refractivity contribution in [1.82, 2.24) is 15.2 Å². The van der Waals surface area contributed by atoms with Crippen molar-refractivity contribution in [1.29, 1.82) is 0 Å². The summed E-state index contributed by atoms with van der Waals surface area (Å²) in [6.45, 7) is 0.140. The lowest BCUT2D eigenvalue weighted by atomic mass is 10.2. The van der Waals surface area contributed by atoms with Gasteiger partial charge in [0.1, 0.15) is 18.3 Å². The Bertz CT molecular complexity index is 764. The number of carbonyl (C=O) groups is 3. The van der Waals surface area contributed by atoms with Crippen molar-refractivity contribution in [2.24, 2.45) is 0 Å². The zero-order valence-electron chi connectivity index (χ0n) is 13.4. The smallest absolute Gasteiger partial charge is 0.410 e. The molecule has 1 aliphatic heterocycles. The van der Waals surface area contributed by atoms with Crippen LogP contribution in [0.4, 0.5) is 4.79 Å². The van der Waals surface area contributed by atoms with Crippen LogP contribution in [0.2, 0.25) is 0 Å². The number of amides is 2. The molecule has 128 valence electrons. The predicted octanol–water partition coefficient (Wildman–Crippen LogP) is 1.40. The molecule has 1 aromatic heterocycles. The van der Waals surface area contributed by atoms with Crippen LogP contribution in [0.25, 0.3) is 0 Å². The lowest BCUT2D eigenvalue weighted by Gasteiger charge is -2.16. The summed E-state index contributed by atoms with van der Waals surface area (Å²) in [5.74, 6) is -0.681. The minimum Gasteiger partial charge on any atom is -0.445 e. The molecule has 2 aromatic rings. The van der Waals surface area contributed by atoms with E-state index >= 15 is 0 Å². The maximum Gasteiger partial charge on any atom is 0.410 e. The highest BCUT2D eigenvalue weighted by atomic mass is 16.6. The van der Waals surface area contributed by atoms with Crippen molar-refractivity contribution in [2.45, 2.75) is 12.6 Å². The summed E-state index contributed by atoms with van der Waals surface area (Å²) in [7, 11) is 0. The van der Waals surface area contributed by atoms with Crippen molar-refractivity contribution in [2.75, 3.05) is 13.1 Å². The van der Waals surface area contributed by atoms with Gasteiger partial charge in [-0.25, -0.2) is 4.79 Å². The van der Waals surface area contributed by atoms with Gasteiger partial charge < -0.3 is 10.1 Å². The van der Waals surface area contributed by atoms with Gasteiger partial charge in [0.2, 0.25) is 0 Å². The molecule has 2 amide bonds. The van der Waals surface area contributed by atoms with Gasteiger partial charge in [-0.2, -0.15) is 0 Å². The van der Waals surface area contributed by atoms with Gasteiger partial charge in [0, 0.05) is 6.20 Å². The van der Waals surface area contributed by atoms with E-state index in [4.69, 9.17) is 4.74 Å². The predicted molar refractivity (Wildman–Crippen MR) is 88.7 cm³/mol. The molecule has 3 rings (SSSR count). The molecule has 25 heavy (non-hydrogen) atoms. The Morgan fingerprint density at radius 2 is 1.92 bits per heavy atom. The van der Waals surface area contributed by atoms with E-state index in [1.54, 1.807) is 18.2 Å². The Morgan fingerprint density at radius 1 is 1.16 bits per heavy atom. The second-order valence-electron chi connectivity index (χ2n) is 5.63. The monoisotopic (exact) mass is 339 g/mol. The number of hydrogen-bond acceptors (Lipinski definition) is 5. The minimum atomic E-state index is -0.751. The van der Waals surface area contributed by atoms with Crippen molar-refractivity contribution < 1.29 is 19.1 Å². The number of Topliss-reactive ketones (excluding diaryl/α,β-unsaturated/α-hetero) is 1. The third-order valence-electron chi connectivity index (χ3n) is 3.80. The number of ketones is 1. The number of rotatable bonds is 4. The van der Waals surface area contributed by atoms with Crippen LogP contribution in [-0.2, 0) is 16.1 Å². The molecule has 0 spiro atoms. The molecule has 0 bridgehead atoms. The first-order valence-electron chi connectivity index (χ1n) is 7.84. The number of nitrogens with one attached hydrogen (secondary N) is 1. The van der Waals surface area contributed by atoms with Gasteiger partial charge in [-0.1, -0.05) is 36.4 Å². The van der Waals surface area contributed by atoms with Crippen LogP contribution in [0.15, 0.2) is 54.7 Å². The van der Waals surface area contributed by atoms with Crippen molar-refractivity contribution in [3.63, 3.8) is 0 Å². The molecule has 0 aliphatic carbocycles. The van der Waals surface area contributed by atoms with E-state index < -0.39 is 18.0 Å². The van der Waals surface area contributed by atoms with Crippen molar-refractivity contribution in [3.8, 4) is 0 Å². The molecule has 1 aromatic carbocycles. The topological polar surface area (TPSA) is 88.6 Å². The molecule has 0 saturated carbocycles. The quantitative estimate of drug-likeness (QED) is 0.910. The Balaban J connectivity index is 1.53. The van der Waals surface area contributed by atoms with Crippen molar-refractivity contribution in [3.05, 3.63) is 66.0 Å². The fourth-order valence-corrected chi connectivity index (χ4v) is 2.49. The molecule has 1 atom stereocenters. The molecular formula is C18H17N3O4. The number of hydrogen-bond donors (Lipinski definition) is 1. The summed E-state index contributed by atoms with van der Waals surface area (Å²) in [6.07, 6.45) is 0.922. The van der Waals surface area contributed by atoms with Crippen LogP contribution in [-0.4, -0.2) is 46.8 Å². The highest BCUT2D eigenvalue weighted by Crippen LogP contribution is 2.10. The average molecular weight is 339 g/mol. The van der Waals surface area contributed by atoms with Gasteiger partial charge in [-0.3, -0.25) is 19.5 Å². The maximum atomic E-state index is 12.1. The van der Waals surface area contributed by atoms with Gasteiger partial charge in [-0.15, -0.1) is 0 Å². The molecule has 1 unspecified atom stereocenters. The number of carbonyl (C=O) groups excluding carboxylic acids is 3. The lowest BCUT2D eigenvalue weighted by Crippen LogP contribution is -2.41. The van der Waals surface area contributed by atoms with E-state index in [2.05, 4.69) is 10.3 Å². The zero-order valence-corrected chi connectivity index (χ0v) is 13.4. The molecule has 0 radical (unpaired) electrons. The fraction of sp³-hybridized carbons (Fsp3) is 0.222. The van der Waals surface area contributed by atoms with Crippen LogP contribution in [0.3, 0.4) is 0 Å². The molecule has 2 heterocycles. The van der Waals surface area contributed by atoms with Crippen LogP contribution >= 0.6 is 0 Å². The molecule has 7 heteroatoms. The Labute approximate surface area is 144 Å². The number of pyridine rings is 1. The van der Waals surface area contributed by atoms with E-state index in [0.717, 1.165) is 5.56 Å². The maximum absolute atomic E-state index is 12.1. The van der Waals surface area contributed by atoms with Gasteiger partial charge in [0.15, 0.2) is 5.78 Å². The largest absolute Gasteiger partial charge is 0.445 e. The van der Waals surface area contributed by atoms with Gasteiger partial charge in [-0.05, 0) is 17.7 Å². The molecule has 1 N–H and O–H groups in total. The summed E-state index contributed by atoms with van der Waals surface area (Å²) < 4.78 is 5.21. The van der Waals surface area contributed by atoms with Crippen LogP contribution in [0.1, 0.15) is 16.1 Å². The first kappa shape index (κ1) is 16.6. The summed E-state index contributed by atoms with van der Waals surface area (Å²) >= 11 is 0. The standard InChI is InChI=1S/C18H17N3O4/c22-16-11-21(18(24)25-12-13-6-2-1-3-7-13)10-15(16)20-17(23)14-8-4-5-9-19-14/h1-9,15H,10-12H2,(H,20,23). The van der Waals surface area contributed by atoms with Gasteiger partial charge in [0.25, 0.3) is 5.91 Å². The minimum absolute atomic E-state index is 0.0826. The Hall–Kier alpha value is -3.22.